The van der Waals surface area contributed by atoms with Crippen molar-refractivity contribution in [1.82, 2.24) is 5.32 Å². The van der Waals surface area contributed by atoms with Gasteiger partial charge in [0.1, 0.15) is 0 Å². The molecule has 1 nitrogen and oxygen atoms in total. The van der Waals surface area contributed by atoms with E-state index in [1.807, 2.05) is 13.1 Å². The highest BCUT2D eigenvalue weighted by molar-refractivity contribution is 6.42. The lowest BCUT2D eigenvalue weighted by Crippen LogP contribution is -2.30. The van der Waals surface area contributed by atoms with Crippen molar-refractivity contribution in [2.24, 2.45) is 0 Å². The van der Waals surface area contributed by atoms with Crippen LogP contribution in [-0.4, -0.2) is 13.6 Å². The molecule has 1 aliphatic carbocycles. The van der Waals surface area contributed by atoms with Crippen LogP contribution in [0.3, 0.4) is 0 Å². The zero-order valence-electron chi connectivity index (χ0n) is 11.6. The standard InChI is InChI=1S/C16H23Cl2N/c1-19-11-5-10-16(8-3-2-4-9-16)13-6-7-14(17)15(18)12-13/h6-7,12,19H,2-5,8-11H2,1H3. The summed E-state index contributed by atoms with van der Waals surface area (Å²) in [5.41, 5.74) is 1.71. The second kappa shape index (κ2) is 6.97. The summed E-state index contributed by atoms with van der Waals surface area (Å²) in [5, 5.41) is 4.60. The van der Waals surface area contributed by atoms with Gasteiger partial charge in [-0.15, -0.1) is 0 Å². The highest BCUT2D eigenvalue weighted by Crippen LogP contribution is 2.44. The van der Waals surface area contributed by atoms with E-state index < -0.39 is 0 Å². The topological polar surface area (TPSA) is 12.0 Å². The summed E-state index contributed by atoms with van der Waals surface area (Å²) >= 11 is 12.3. The van der Waals surface area contributed by atoms with Gasteiger partial charge in [-0.3, -0.25) is 0 Å². The fourth-order valence-corrected chi connectivity index (χ4v) is 3.64. The molecule has 0 atom stereocenters. The van der Waals surface area contributed by atoms with Crippen LogP contribution >= 0.6 is 23.2 Å². The Hall–Kier alpha value is -0.240. The highest BCUT2D eigenvalue weighted by atomic mass is 35.5. The number of benzene rings is 1. The minimum absolute atomic E-state index is 0.323. The monoisotopic (exact) mass is 299 g/mol. The van der Waals surface area contributed by atoms with Gasteiger partial charge in [0.2, 0.25) is 0 Å². The van der Waals surface area contributed by atoms with Crippen molar-refractivity contribution < 1.29 is 0 Å². The third-order valence-corrected chi connectivity index (χ3v) is 5.16. The average molecular weight is 300 g/mol. The summed E-state index contributed by atoms with van der Waals surface area (Å²) in [5.74, 6) is 0. The Bertz CT molecular complexity index is 411. The lowest BCUT2D eigenvalue weighted by molar-refractivity contribution is 0.268. The summed E-state index contributed by atoms with van der Waals surface area (Å²) in [7, 11) is 2.02. The first-order valence-corrected chi connectivity index (χ1v) is 8.04. The first kappa shape index (κ1) is 15.2. The Labute approximate surface area is 126 Å². The first-order valence-electron chi connectivity index (χ1n) is 7.28. The summed E-state index contributed by atoms with van der Waals surface area (Å²) in [6.45, 7) is 1.09. The maximum absolute atomic E-state index is 6.21. The number of rotatable bonds is 5. The maximum atomic E-state index is 6.21. The van der Waals surface area contributed by atoms with Gasteiger partial charge >= 0.3 is 0 Å². The van der Waals surface area contributed by atoms with Crippen molar-refractivity contribution in [1.29, 1.82) is 0 Å². The molecule has 0 unspecified atom stereocenters. The van der Waals surface area contributed by atoms with E-state index in [1.54, 1.807) is 0 Å². The Morgan fingerprint density at radius 1 is 1.11 bits per heavy atom. The Morgan fingerprint density at radius 3 is 2.47 bits per heavy atom. The minimum Gasteiger partial charge on any atom is -0.320 e. The molecule has 0 spiro atoms. The molecule has 0 heterocycles. The van der Waals surface area contributed by atoms with E-state index in [2.05, 4.69) is 17.4 Å². The molecular weight excluding hydrogens is 277 g/mol. The highest BCUT2D eigenvalue weighted by Gasteiger charge is 2.33. The number of hydrogen-bond acceptors (Lipinski definition) is 1. The van der Waals surface area contributed by atoms with Gasteiger partial charge in [-0.1, -0.05) is 48.5 Å². The molecule has 1 aromatic carbocycles. The summed E-state index contributed by atoms with van der Waals surface area (Å²) < 4.78 is 0. The lowest BCUT2D eigenvalue weighted by Gasteiger charge is -2.38. The van der Waals surface area contributed by atoms with E-state index in [-0.39, 0.29) is 0 Å². The van der Waals surface area contributed by atoms with Crippen LogP contribution in [0.4, 0.5) is 0 Å². The fraction of sp³-hybridized carbons (Fsp3) is 0.625. The smallest absolute Gasteiger partial charge is 0.0595 e. The van der Waals surface area contributed by atoms with Gasteiger partial charge < -0.3 is 5.32 Å². The van der Waals surface area contributed by atoms with Crippen molar-refractivity contribution in [2.45, 2.75) is 50.4 Å². The van der Waals surface area contributed by atoms with Crippen molar-refractivity contribution in [2.75, 3.05) is 13.6 Å². The predicted octanol–water partition coefficient (Wildman–Crippen LogP) is 5.19. The molecule has 0 radical (unpaired) electrons. The first-order chi connectivity index (χ1) is 9.18. The van der Waals surface area contributed by atoms with E-state index in [1.165, 1.54) is 50.5 Å². The van der Waals surface area contributed by atoms with Gasteiger partial charge in [-0.05, 0) is 62.4 Å². The van der Waals surface area contributed by atoms with Crippen LogP contribution in [-0.2, 0) is 5.41 Å². The molecule has 0 aliphatic heterocycles. The molecule has 0 saturated heterocycles. The Balaban J connectivity index is 2.22. The predicted molar refractivity (Wildman–Crippen MR) is 84.4 cm³/mol. The van der Waals surface area contributed by atoms with Gasteiger partial charge in [0.05, 0.1) is 10.0 Å². The minimum atomic E-state index is 0.323. The van der Waals surface area contributed by atoms with Crippen molar-refractivity contribution in [3.63, 3.8) is 0 Å². The molecule has 106 valence electrons. The van der Waals surface area contributed by atoms with Crippen molar-refractivity contribution in [3.8, 4) is 0 Å². The molecular formula is C16H23Cl2N. The van der Waals surface area contributed by atoms with Gasteiger partial charge in [0, 0.05) is 0 Å². The van der Waals surface area contributed by atoms with Crippen LogP contribution in [0.15, 0.2) is 18.2 Å². The second-order valence-corrected chi connectivity index (χ2v) is 6.49. The maximum Gasteiger partial charge on any atom is 0.0595 e. The molecule has 1 saturated carbocycles. The van der Waals surface area contributed by atoms with E-state index in [4.69, 9.17) is 23.2 Å². The third-order valence-electron chi connectivity index (χ3n) is 4.42. The van der Waals surface area contributed by atoms with Crippen LogP contribution in [0.25, 0.3) is 0 Å². The fourth-order valence-electron chi connectivity index (χ4n) is 3.34. The molecule has 1 N–H and O–H groups in total. The van der Waals surface area contributed by atoms with E-state index >= 15 is 0 Å². The van der Waals surface area contributed by atoms with Crippen LogP contribution in [0.2, 0.25) is 10.0 Å². The Kier molecular flexibility index (Phi) is 5.56. The van der Waals surface area contributed by atoms with Crippen LogP contribution in [0, 0.1) is 0 Å². The number of nitrogens with one attached hydrogen (secondary N) is 1. The third kappa shape index (κ3) is 3.65. The second-order valence-electron chi connectivity index (χ2n) is 5.68. The van der Waals surface area contributed by atoms with Gasteiger partial charge in [0.15, 0.2) is 0 Å². The molecule has 0 aromatic heterocycles. The normalized spacial score (nSPS) is 18.5. The number of halogens is 2. The number of hydrogen-bond donors (Lipinski definition) is 1. The average Bonchev–Trinajstić information content (AvgIpc) is 2.43. The van der Waals surface area contributed by atoms with Gasteiger partial charge in [-0.2, -0.15) is 0 Å². The van der Waals surface area contributed by atoms with Crippen LogP contribution < -0.4 is 5.32 Å². The lowest BCUT2D eigenvalue weighted by atomic mass is 9.67. The van der Waals surface area contributed by atoms with Crippen molar-refractivity contribution in [3.05, 3.63) is 33.8 Å². The van der Waals surface area contributed by atoms with E-state index in [9.17, 15) is 0 Å². The van der Waals surface area contributed by atoms with Gasteiger partial charge in [-0.25, -0.2) is 0 Å². The quantitative estimate of drug-likeness (QED) is 0.737. The van der Waals surface area contributed by atoms with E-state index in [0.717, 1.165) is 6.54 Å². The SMILES string of the molecule is CNCCCC1(c2ccc(Cl)c(Cl)c2)CCCCC1. The summed E-state index contributed by atoms with van der Waals surface area (Å²) in [6.07, 6.45) is 9.07. The van der Waals surface area contributed by atoms with Gasteiger partial charge in [0.25, 0.3) is 0 Å². The molecule has 0 bridgehead atoms. The van der Waals surface area contributed by atoms with Crippen LogP contribution in [0.1, 0.15) is 50.5 Å². The molecule has 1 fully saturated rings. The zero-order chi connectivity index (χ0) is 13.7. The molecule has 0 amide bonds. The molecule has 1 aromatic rings. The zero-order valence-corrected chi connectivity index (χ0v) is 13.2. The summed E-state index contributed by atoms with van der Waals surface area (Å²) in [4.78, 5) is 0. The molecule has 19 heavy (non-hydrogen) atoms. The Morgan fingerprint density at radius 2 is 1.84 bits per heavy atom. The largest absolute Gasteiger partial charge is 0.320 e. The van der Waals surface area contributed by atoms with E-state index in [0.29, 0.717) is 15.5 Å². The van der Waals surface area contributed by atoms with Crippen LogP contribution in [0.5, 0.6) is 0 Å². The molecule has 3 heteroatoms. The summed E-state index contributed by atoms with van der Waals surface area (Å²) in [6, 6.07) is 6.22. The molecule has 1 aliphatic rings. The van der Waals surface area contributed by atoms with Crippen molar-refractivity contribution >= 4 is 23.2 Å². The molecule has 2 rings (SSSR count).